The first-order valence-corrected chi connectivity index (χ1v) is 6.22. The highest BCUT2D eigenvalue weighted by atomic mass is 32.1. The summed E-state index contributed by atoms with van der Waals surface area (Å²) in [4.78, 5) is 4.34. The number of thiazole rings is 1. The Morgan fingerprint density at radius 1 is 1.43 bits per heavy atom. The van der Waals surface area contributed by atoms with Gasteiger partial charge in [-0.15, -0.1) is 11.3 Å². The molecule has 0 saturated heterocycles. The maximum Gasteiger partial charge on any atom is 0.0794 e. The van der Waals surface area contributed by atoms with Gasteiger partial charge in [-0.1, -0.05) is 0 Å². The second-order valence-corrected chi connectivity index (χ2v) is 4.78. The quantitative estimate of drug-likeness (QED) is 0.767. The van der Waals surface area contributed by atoms with Crippen molar-refractivity contribution in [1.29, 1.82) is 0 Å². The standard InChI is InChI=1S/C11H17NOS/c1-13-11-4-2-9(3-5-11)6-10-7-14-8-12-10/h7-9,11H,2-6H2,1H3. The second-order valence-electron chi connectivity index (χ2n) is 4.06. The first kappa shape index (κ1) is 10.1. The Morgan fingerprint density at radius 2 is 2.21 bits per heavy atom. The molecule has 1 saturated carbocycles. The minimum absolute atomic E-state index is 0.515. The number of hydrogen-bond acceptors (Lipinski definition) is 3. The van der Waals surface area contributed by atoms with Gasteiger partial charge in [0, 0.05) is 12.5 Å². The van der Waals surface area contributed by atoms with Crippen molar-refractivity contribution in [3.63, 3.8) is 0 Å². The monoisotopic (exact) mass is 211 g/mol. The molecule has 2 nitrogen and oxygen atoms in total. The Balaban J connectivity index is 1.79. The molecule has 0 unspecified atom stereocenters. The number of ether oxygens (including phenoxy) is 1. The van der Waals surface area contributed by atoms with Gasteiger partial charge in [-0.3, -0.25) is 0 Å². The molecule has 0 spiro atoms. The molecule has 14 heavy (non-hydrogen) atoms. The molecule has 1 aliphatic rings. The number of nitrogens with zero attached hydrogens (tertiary/aromatic N) is 1. The molecule has 1 fully saturated rings. The van der Waals surface area contributed by atoms with Gasteiger partial charge in [0.1, 0.15) is 0 Å². The zero-order valence-corrected chi connectivity index (χ0v) is 9.43. The van der Waals surface area contributed by atoms with Gasteiger partial charge in [-0.2, -0.15) is 0 Å². The summed E-state index contributed by atoms with van der Waals surface area (Å²) in [5.74, 6) is 0.837. The lowest BCUT2D eigenvalue weighted by Crippen LogP contribution is -2.21. The summed E-state index contributed by atoms with van der Waals surface area (Å²) in [7, 11) is 1.82. The van der Waals surface area contributed by atoms with Crippen molar-refractivity contribution < 1.29 is 4.74 Å². The molecule has 0 bridgehead atoms. The maximum absolute atomic E-state index is 5.36. The molecule has 1 heterocycles. The van der Waals surface area contributed by atoms with E-state index >= 15 is 0 Å². The van der Waals surface area contributed by atoms with Gasteiger partial charge in [0.15, 0.2) is 0 Å². The van der Waals surface area contributed by atoms with Gasteiger partial charge in [0.2, 0.25) is 0 Å². The average Bonchev–Trinajstić information content (AvgIpc) is 2.72. The van der Waals surface area contributed by atoms with Gasteiger partial charge in [-0.05, 0) is 38.0 Å². The van der Waals surface area contributed by atoms with Crippen molar-refractivity contribution in [2.24, 2.45) is 5.92 Å². The molecule has 1 aliphatic carbocycles. The van der Waals surface area contributed by atoms with E-state index in [2.05, 4.69) is 10.4 Å². The Morgan fingerprint density at radius 3 is 2.79 bits per heavy atom. The lowest BCUT2D eigenvalue weighted by atomic mass is 9.85. The minimum Gasteiger partial charge on any atom is -0.381 e. The molecular formula is C11H17NOS. The third kappa shape index (κ3) is 2.55. The van der Waals surface area contributed by atoms with Gasteiger partial charge in [0.05, 0.1) is 17.3 Å². The summed E-state index contributed by atoms with van der Waals surface area (Å²) in [5.41, 5.74) is 3.20. The van der Waals surface area contributed by atoms with Crippen LogP contribution in [0, 0.1) is 5.92 Å². The van der Waals surface area contributed by atoms with E-state index in [1.54, 1.807) is 11.3 Å². The van der Waals surface area contributed by atoms with E-state index in [9.17, 15) is 0 Å². The smallest absolute Gasteiger partial charge is 0.0794 e. The molecule has 0 aliphatic heterocycles. The highest BCUT2D eigenvalue weighted by molar-refractivity contribution is 7.07. The molecule has 0 radical (unpaired) electrons. The summed E-state index contributed by atoms with van der Waals surface area (Å²) in [6.45, 7) is 0. The molecular weight excluding hydrogens is 194 g/mol. The van der Waals surface area contributed by atoms with Gasteiger partial charge in [-0.25, -0.2) is 4.98 Å². The van der Waals surface area contributed by atoms with Crippen LogP contribution in [0.1, 0.15) is 31.4 Å². The number of aromatic nitrogens is 1. The molecule has 78 valence electrons. The summed E-state index contributed by atoms with van der Waals surface area (Å²) in [6.07, 6.45) is 6.74. The number of methoxy groups -OCH3 is 1. The van der Waals surface area contributed by atoms with Crippen molar-refractivity contribution in [3.05, 3.63) is 16.6 Å². The van der Waals surface area contributed by atoms with E-state index in [-0.39, 0.29) is 0 Å². The zero-order valence-electron chi connectivity index (χ0n) is 8.61. The number of hydrogen-bond donors (Lipinski definition) is 0. The molecule has 0 amide bonds. The summed E-state index contributed by atoms with van der Waals surface area (Å²) < 4.78 is 5.36. The van der Waals surface area contributed by atoms with E-state index in [0.717, 1.165) is 5.92 Å². The highest BCUT2D eigenvalue weighted by Gasteiger charge is 2.21. The van der Waals surface area contributed by atoms with Crippen LogP contribution in [0.3, 0.4) is 0 Å². The van der Waals surface area contributed by atoms with Crippen LogP contribution in [-0.4, -0.2) is 18.2 Å². The lowest BCUT2D eigenvalue weighted by molar-refractivity contribution is 0.0567. The van der Waals surface area contributed by atoms with E-state index in [0.29, 0.717) is 6.10 Å². The zero-order chi connectivity index (χ0) is 9.80. The first-order chi connectivity index (χ1) is 6.88. The van der Waals surface area contributed by atoms with Crippen LogP contribution in [-0.2, 0) is 11.2 Å². The predicted molar refractivity (Wildman–Crippen MR) is 58.6 cm³/mol. The molecule has 0 N–H and O–H groups in total. The summed E-state index contributed by atoms with van der Waals surface area (Å²) in [5, 5.41) is 2.17. The maximum atomic E-state index is 5.36. The molecule has 0 atom stereocenters. The fraction of sp³-hybridized carbons (Fsp3) is 0.727. The van der Waals surface area contributed by atoms with E-state index in [1.807, 2.05) is 12.6 Å². The molecule has 1 aromatic rings. The van der Waals surface area contributed by atoms with Gasteiger partial charge in [0.25, 0.3) is 0 Å². The third-order valence-electron chi connectivity index (χ3n) is 3.11. The number of rotatable bonds is 3. The van der Waals surface area contributed by atoms with Crippen LogP contribution in [0.15, 0.2) is 10.9 Å². The highest BCUT2D eigenvalue weighted by Crippen LogP contribution is 2.28. The Bertz CT molecular complexity index is 252. The Hall–Kier alpha value is -0.410. The van der Waals surface area contributed by atoms with Crippen molar-refractivity contribution in [1.82, 2.24) is 4.98 Å². The molecule has 1 aromatic heterocycles. The van der Waals surface area contributed by atoms with Crippen molar-refractivity contribution in [2.75, 3.05) is 7.11 Å². The largest absolute Gasteiger partial charge is 0.381 e. The fourth-order valence-electron chi connectivity index (χ4n) is 2.21. The normalized spacial score (nSPS) is 27.8. The predicted octanol–water partition coefficient (Wildman–Crippen LogP) is 2.89. The molecule has 3 heteroatoms. The average molecular weight is 211 g/mol. The molecule has 0 aromatic carbocycles. The van der Waals surface area contributed by atoms with Crippen LogP contribution in [0.2, 0.25) is 0 Å². The second kappa shape index (κ2) is 4.89. The van der Waals surface area contributed by atoms with E-state index < -0.39 is 0 Å². The lowest BCUT2D eigenvalue weighted by Gasteiger charge is -2.26. The third-order valence-corrected chi connectivity index (χ3v) is 3.74. The summed E-state index contributed by atoms with van der Waals surface area (Å²) >= 11 is 1.70. The van der Waals surface area contributed by atoms with Crippen LogP contribution in [0.5, 0.6) is 0 Å². The van der Waals surface area contributed by atoms with Crippen LogP contribution >= 0.6 is 11.3 Å². The first-order valence-electron chi connectivity index (χ1n) is 5.28. The van der Waals surface area contributed by atoms with Crippen LogP contribution < -0.4 is 0 Å². The fourth-order valence-corrected chi connectivity index (χ4v) is 2.78. The molecule has 2 rings (SSSR count). The van der Waals surface area contributed by atoms with Crippen molar-refractivity contribution in [2.45, 2.75) is 38.2 Å². The van der Waals surface area contributed by atoms with E-state index in [4.69, 9.17) is 4.74 Å². The van der Waals surface area contributed by atoms with Crippen molar-refractivity contribution in [3.8, 4) is 0 Å². The SMILES string of the molecule is COC1CCC(Cc2cscn2)CC1. The minimum atomic E-state index is 0.515. The van der Waals surface area contributed by atoms with Gasteiger partial charge < -0.3 is 4.74 Å². The van der Waals surface area contributed by atoms with Crippen LogP contribution in [0.25, 0.3) is 0 Å². The Kier molecular flexibility index (Phi) is 3.54. The van der Waals surface area contributed by atoms with E-state index in [1.165, 1.54) is 37.8 Å². The summed E-state index contributed by atoms with van der Waals surface area (Å²) in [6, 6.07) is 0. The van der Waals surface area contributed by atoms with Gasteiger partial charge >= 0.3 is 0 Å². The van der Waals surface area contributed by atoms with Crippen LogP contribution in [0.4, 0.5) is 0 Å². The Labute approximate surface area is 89.3 Å². The topological polar surface area (TPSA) is 22.1 Å². The van der Waals surface area contributed by atoms with Crippen molar-refractivity contribution >= 4 is 11.3 Å².